The second kappa shape index (κ2) is 10.4. The third-order valence-electron chi connectivity index (χ3n) is 6.32. The summed E-state index contributed by atoms with van der Waals surface area (Å²) in [6.45, 7) is 7.97. The number of nitrogens with one attached hydrogen (secondary N) is 2. The van der Waals surface area contributed by atoms with Crippen LogP contribution in [0.15, 0.2) is 36.7 Å². The summed E-state index contributed by atoms with van der Waals surface area (Å²) < 4.78 is 2.11. The van der Waals surface area contributed by atoms with E-state index >= 15 is 0 Å². The molecule has 0 fully saturated rings. The number of likely N-dealkylation sites (N-methyl/N-ethyl adjacent to an activating group) is 1. The molecule has 1 aliphatic heterocycles. The number of carbonyl (C=O) groups is 2. The van der Waals surface area contributed by atoms with Crippen molar-refractivity contribution in [2.24, 2.45) is 5.41 Å². The zero-order valence-electron chi connectivity index (χ0n) is 21.3. The molecule has 3 aromatic heterocycles. The average molecular weight is 510 g/mol. The molecule has 1 aliphatic rings. The maximum absolute atomic E-state index is 13.6. The van der Waals surface area contributed by atoms with Crippen LogP contribution < -0.4 is 10.6 Å². The number of carbonyl (C=O) groups excluding carboxylic acids is 2. The van der Waals surface area contributed by atoms with Crippen LogP contribution in [0, 0.1) is 5.41 Å². The second-order valence-corrected chi connectivity index (χ2v) is 10.5. The van der Waals surface area contributed by atoms with Crippen LogP contribution in [-0.2, 0) is 17.9 Å². The van der Waals surface area contributed by atoms with Gasteiger partial charge in [-0.05, 0) is 49.7 Å². The Labute approximate surface area is 216 Å². The maximum atomic E-state index is 13.6. The summed E-state index contributed by atoms with van der Waals surface area (Å²) in [6, 6.07) is 6.74. The van der Waals surface area contributed by atoms with Gasteiger partial charge in [0.15, 0.2) is 5.69 Å². The van der Waals surface area contributed by atoms with Gasteiger partial charge in [0, 0.05) is 43.7 Å². The molecule has 10 heteroatoms. The lowest BCUT2D eigenvalue weighted by molar-refractivity contribution is -0.124. The molecule has 0 unspecified atom stereocenters. The van der Waals surface area contributed by atoms with Crippen molar-refractivity contribution in [1.82, 2.24) is 35.1 Å². The minimum absolute atomic E-state index is 0.242. The van der Waals surface area contributed by atoms with Crippen molar-refractivity contribution in [2.75, 3.05) is 20.6 Å². The Morgan fingerprint density at radius 3 is 2.50 bits per heavy atom. The van der Waals surface area contributed by atoms with Gasteiger partial charge in [-0.2, -0.15) is 0 Å². The van der Waals surface area contributed by atoms with Crippen LogP contribution >= 0.6 is 11.6 Å². The van der Waals surface area contributed by atoms with E-state index in [-0.39, 0.29) is 11.8 Å². The van der Waals surface area contributed by atoms with Crippen molar-refractivity contribution >= 4 is 23.4 Å². The molecule has 190 valence electrons. The van der Waals surface area contributed by atoms with Gasteiger partial charge in [0.1, 0.15) is 17.0 Å². The van der Waals surface area contributed by atoms with E-state index in [2.05, 4.69) is 30.1 Å². The van der Waals surface area contributed by atoms with Gasteiger partial charge >= 0.3 is 0 Å². The van der Waals surface area contributed by atoms with E-state index in [9.17, 15) is 9.59 Å². The van der Waals surface area contributed by atoms with Gasteiger partial charge < -0.3 is 20.1 Å². The Hall–Kier alpha value is -3.30. The van der Waals surface area contributed by atoms with Crippen LogP contribution in [0.1, 0.15) is 43.4 Å². The Morgan fingerprint density at radius 2 is 1.81 bits per heavy atom. The van der Waals surface area contributed by atoms with Crippen LogP contribution in [0.4, 0.5) is 0 Å². The highest BCUT2D eigenvalue weighted by molar-refractivity contribution is 6.29. The number of hydrogen-bond acceptors (Lipinski definition) is 6. The smallest absolute Gasteiger partial charge is 0.272 e. The van der Waals surface area contributed by atoms with Crippen molar-refractivity contribution in [3.05, 3.63) is 53.2 Å². The van der Waals surface area contributed by atoms with Gasteiger partial charge in [-0.25, -0.2) is 9.97 Å². The zero-order chi connectivity index (χ0) is 26.0. The third kappa shape index (κ3) is 5.42. The number of aromatic nitrogens is 4. The summed E-state index contributed by atoms with van der Waals surface area (Å²) in [5, 5.41) is 5.98. The molecular weight excluding hydrogens is 478 g/mol. The summed E-state index contributed by atoms with van der Waals surface area (Å²) in [6.07, 6.45) is 4.29. The Balaban J connectivity index is 1.78. The van der Waals surface area contributed by atoms with Crippen molar-refractivity contribution < 1.29 is 9.59 Å². The molecule has 0 aromatic carbocycles. The molecule has 1 atom stereocenters. The van der Waals surface area contributed by atoms with Crippen molar-refractivity contribution in [1.29, 1.82) is 0 Å². The number of halogens is 1. The van der Waals surface area contributed by atoms with Crippen molar-refractivity contribution in [3.8, 4) is 22.6 Å². The molecule has 4 rings (SSSR count). The number of amides is 2. The van der Waals surface area contributed by atoms with Gasteiger partial charge in [0.05, 0.1) is 11.4 Å². The van der Waals surface area contributed by atoms with Gasteiger partial charge in [-0.15, -0.1) is 0 Å². The van der Waals surface area contributed by atoms with Gasteiger partial charge in [0.2, 0.25) is 5.91 Å². The zero-order valence-corrected chi connectivity index (χ0v) is 22.1. The number of fused-ring (bicyclic) bond motifs is 1. The molecule has 0 bridgehead atoms. The highest BCUT2D eigenvalue weighted by atomic mass is 35.5. The van der Waals surface area contributed by atoms with Crippen LogP contribution in [-0.4, -0.2) is 62.9 Å². The fraction of sp³-hybridized carbons (Fsp3) is 0.423. The standard InChI is InChI=1S/C26H32ClN7O2/c1-26(2,3)22(25(36)28-4)32-24(35)21-19-15-33(5)11-6-12-34(19)23(31-21)17-8-9-29-18(13-17)16-7-10-30-20(27)14-16/h7-10,13-14,22H,6,11-12,15H2,1-5H3,(H,28,36)(H,32,35)/t22-/m1/s1. The van der Waals surface area contributed by atoms with Crippen LogP contribution in [0.3, 0.4) is 0 Å². The summed E-state index contributed by atoms with van der Waals surface area (Å²) in [5.41, 5.74) is 3.11. The highest BCUT2D eigenvalue weighted by Gasteiger charge is 2.34. The molecule has 0 radical (unpaired) electrons. The lowest BCUT2D eigenvalue weighted by Gasteiger charge is -2.29. The maximum Gasteiger partial charge on any atom is 0.272 e. The second-order valence-electron chi connectivity index (χ2n) is 10.2. The van der Waals surface area contributed by atoms with Gasteiger partial charge in [-0.3, -0.25) is 14.6 Å². The van der Waals surface area contributed by atoms with Gasteiger partial charge in [0.25, 0.3) is 5.91 Å². The topological polar surface area (TPSA) is 105 Å². The molecule has 9 nitrogen and oxygen atoms in total. The summed E-state index contributed by atoms with van der Waals surface area (Å²) in [4.78, 5) is 41.7. The van der Waals surface area contributed by atoms with Crippen LogP contribution in [0.2, 0.25) is 5.15 Å². The lowest BCUT2D eigenvalue weighted by Crippen LogP contribution is -2.53. The fourth-order valence-corrected chi connectivity index (χ4v) is 4.61. The lowest BCUT2D eigenvalue weighted by atomic mass is 9.86. The number of imidazole rings is 1. The van der Waals surface area contributed by atoms with E-state index in [0.717, 1.165) is 42.0 Å². The Kier molecular flexibility index (Phi) is 7.42. The largest absolute Gasteiger partial charge is 0.357 e. The number of hydrogen-bond donors (Lipinski definition) is 2. The number of rotatable bonds is 5. The SMILES string of the molecule is CNC(=O)[C@@H](NC(=O)c1nc(-c2ccnc(-c3ccnc(Cl)c3)c2)n2c1CN(C)CCC2)C(C)(C)C. The predicted octanol–water partition coefficient (Wildman–Crippen LogP) is 3.39. The minimum Gasteiger partial charge on any atom is -0.357 e. The fourth-order valence-electron chi connectivity index (χ4n) is 4.43. The first-order valence-electron chi connectivity index (χ1n) is 12.0. The van der Waals surface area contributed by atoms with E-state index in [1.165, 1.54) is 0 Å². The molecule has 36 heavy (non-hydrogen) atoms. The quantitative estimate of drug-likeness (QED) is 0.511. The average Bonchev–Trinajstić information content (AvgIpc) is 3.07. The molecule has 0 aliphatic carbocycles. The van der Waals surface area contributed by atoms with E-state index < -0.39 is 11.5 Å². The third-order valence-corrected chi connectivity index (χ3v) is 6.53. The van der Waals surface area contributed by atoms with E-state index in [1.54, 1.807) is 25.5 Å². The molecule has 0 saturated carbocycles. The van der Waals surface area contributed by atoms with E-state index in [1.807, 2.05) is 46.0 Å². The molecule has 0 saturated heterocycles. The number of nitrogens with zero attached hydrogens (tertiary/aromatic N) is 5. The molecular formula is C26H32ClN7O2. The van der Waals surface area contributed by atoms with Crippen molar-refractivity contribution in [3.63, 3.8) is 0 Å². The Bertz CT molecular complexity index is 1280. The predicted molar refractivity (Wildman–Crippen MR) is 139 cm³/mol. The summed E-state index contributed by atoms with van der Waals surface area (Å²) in [5.74, 6) is 0.0915. The van der Waals surface area contributed by atoms with Crippen LogP contribution in [0.25, 0.3) is 22.6 Å². The van der Waals surface area contributed by atoms with E-state index in [4.69, 9.17) is 16.6 Å². The van der Waals surface area contributed by atoms with E-state index in [0.29, 0.717) is 23.2 Å². The molecule has 2 N–H and O–H groups in total. The molecule has 3 aromatic rings. The first kappa shape index (κ1) is 25.8. The molecule has 0 spiro atoms. The number of pyridine rings is 2. The van der Waals surface area contributed by atoms with Gasteiger partial charge in [-0.1, -0.05) is 32.4 Å². The molecule has 2 amide bonds. The highest BCUT2D eigenvalue weighted by Crippen LogP contribution is 2.29. The van der Waals surface area contributed by atoms with Crippen LogP contribution in [0.5, 0.6) is 0 Å². The summed E-state index contributed by atoms with van der Waals surface area (Å²) >= 11 is 6.09. The normalized spacial score (nSPS) is 15.1. The Morgan fingerprint density at radius 1 is 1.08 bits per heavy atom. The minimum atomic E-state index is -0.705. The monoisotopic (exact) mass is 509 g/mol. The first-order chi connectivity index (χ1) is 17.1. The first-order valence-corrected chi connectivity index (χ1v) is 12.3. The molecule has 4 heterocycles. The van der Waals surface area contributed by atoms with Crippen molar-refractivity contribution in [2.45, 2.75) is 46.3 Å². The summed E-state index contributed by atoms with van der Waals surface area (Å²) in [7, 11) is 3.60.